The van der Waals surface area contributed by atoms with Gasteiger partial charge in [0.15, 0.2) is 28.6 Å². The second-order valence-corrected chi connectivity index (χ2v) is 25.3. The first-order valence-corrected chi connectivity index (χ1v) is 33.1. The van der Waals surface area contributed by atoms with Crippen LogP contribution in [-0.2, 0) is 19.8 Å². The van der Waals surface area contributed by atoms with Crippen LogP contribution in [-0.4, -0.2) is 135 Å². The first-order chi connectivity index (χ1) is 48.1. The summed E-state index contributed by atoms with van der Waals surface area (Å²) in [5, 5.41) is 34.0. The predicted octanol–water partition coefficient (Wildman–Crippen LogP) is 13.5. The van der Waals surface area contributed by atoms with Crippen molar-refractivity contribution in [3.05, 3.63) is 204 Å². The molecule has 15 aromatic rings. The van der Waals surface area contributed by atoms with Crippen molar-refractivity contribution >= 4 is 83.9 Å². The third-order valence-electron chi connectivity index (χ3n) is 16.7. The molecule has 99 heavy (non-hydrogen) atoms. The summed E-state index contributed by atoms with van der Waals surface area (Å²) in [5.41, 5.74) is 9.83. The molecular formula is C73H66N16O8S2. The number of amides is 1. The van der Waals surface area contributed by atoms with Crippen molar-refractivity contribution in [1.29, 1.82) is 0 Å². The van der Waals surface area contributed by atoms with Crippen molar-refractivity contribution in [2.45, 2.75) is 47.0 Å². The average Bonchev–Trinajstić information content (AvgIpc) is 1.69. The molecule has 0 saturated carbocycles. The van der Waals surface area contributed by atoms with Crippen LogP contribution in [0.1, 0.15) is 52.2 Å². The Kier molecular flexibility index (Phi) is 18.5. The Balaban J connectivity index is 0.000000127. The Morgan fingerprint density at radius 3 is 1.58 bits per heavy atom. The third-order valence-corrected chi connectivity index (χ3v) is 18.8. The molecule has 1 fully saturated rings. The zero-order chi connectivity index (χ0) is 66.6. The number of carbonyl (C=O) groups is 1. The fraction of sp³-hybridized carbons (Fsp3) is 0.205. The maximum atomic E-state index is 12.7. The van der Waals surface area contributed by atoms with Gasteiger partial charge in [-0.2, -0.15) is 24.3 Å². The molecule has 2 aliphatic heterocycles. The molecule has 24 nitrogen and oxygen atoms in total. The molecule has 2 aliphatic rings. The van der Waals surface area contributed by atoms with Gasteiger partial charge in [0.1, 0.15) is 83.8 Å². The number of rotatable bonds is 16. The van der Waals surface area contributed by atoms with E-state index >= 15 is 0 Å². The molecule has 498 valence electrons. The van der Waals surface area contributed by atoms with Crippen LogP contribution in [0.25, 0.3) is 82.0 Å². The van der Waals surface area contributed by atoms with Crippen LogP contribution in [0.5, 0.6) is 40.2 Å². The molecular weight excluding hydrogens is 1290 g/mol. The quantitative estimate of drug-likeness (QED) is 0.0872. The lowest BCUT2D eigenvalue weighted by molar-refractivity contribution is 0.0797. The minimum absolute atomic E-state index is 0. The van der Waals surface area contributed by atoms with Crippen molar-refractivity contribution in [2.75, 3.05) is 59.5 Å². The number of hydrogen-bond donors (Lipinski definition) is 0. The van der Waals surface area contributed by atoms with Gasteiger partial charge in [0.2, 0.25) is 0 Å². The van der Waals surface area contributed by atoms with Gasteiger partial charge < -0.3 is 43.0 Å². The molecule has 17 rings (SSSR count). The van der Waals surface area contributed by atoms with E-state index < -0.39 is 0 Å². The zero-order valence-corrected chi connectivity index (χ0v) is 55.5. The number of carbonyl (C=O) groups excluding carboxylic acids is 1. The number of nitrogens with zero attached hydrogens (tertiary/aromatic N) is 16. The monoisotopic (exact) mass is 1360 g/mol. The van der Waals surface area contributed by atoms with E-state index in [1.54, 1.807) is 71.0 Å². The molecule has 26 heteroatoms. The van der Waals surface area contributed by atoms with Crippen molar-refractivity contribution in [1.82, 2.24) is 74.1 Å². The summed E-state index contributed by atoms with van der Waals surface area (Å²) < 4.78 is 45.3. The van der Waals surface area contributed by atoms with Gasteiger partial charge in [-0.1, -0.05) is 13.5 Å². The fourth-order valence-electron chi connectivity index (χ4n) is 11.5. The summed E-state index contributed by atoms with van der Waals surface area (Å²) in [6, 6.07) is 48.4. The maximum Gasteiger partial charge on any atom is 0.263 e. The van der Waals surface area contributed by atoms with Gasteiger partial charge in [-0.25, -0.2) is 9.50 Å². The van der Waals surface area contributed by atoms with E-state index in [2.05, 4.69) is 83.5 Å². The number of anilines is 1. The van der Waals surface area contributed by atoms with Crippen LogP contribution >= 0.6 is 22.7 Å². The molecule has 0 N–H and O–H groups in total. The number of likely N-dealkylation sites (N-methyl/N-ethyl adjacent to an activating group) is 1. The smallest absolute Gasteiger partial charge is 0.263 e. The van der Waals surface area contributed by atoms with Crippen LogP contribution in [0.2, 0.25) is 0 Å². The Morgan fingerprint density at radius 1 is 0.505 bits per heavy atom. The number of hydrogen-bond acceptors (Lipinski definition) is 22. The highest BCUT2D eigenvalue weighted by Gasteiger charge is 2.23. The van der Waals surface area contributed by atoms with Gasteiger partial charge in [0.25, 0.3) is 5.91 Å². The number of aryl methyl sites for hydroxylation is 1. The Labute approximate surface area is 575 Å². The number of methoxy groups -OCH3 is 3. The highest BCUT2D eigenvalue weighted by atomic mass is 32.1. The Morgan fingerprint density at radius 2 is 1.02 bits per heavy atom. The van der Waals surface area contributed by atoms with Crippen molar-refractivity contribution in [2.24, 2.45) is 0 Å². The number of thiophene rings is 2. The number of ether oxygens (including phenoxy) is 7. The van der Waals surface area contributed by atoms with Crippen LogP contribution in [0.15, 0.2) is 176 Å². The molecule has 0 spiro atoms. The lowest BCUT2D eigenvalue weighted by Crippen LogP contribution is -2.28. The summed E-state index contributed by atoms with van der Waals surface area (Å²) in [6.07, 6.45) is 9.09. The van der Waals surface area contributed by atoms with Crippen LogP contribution < -0.4 is 38.1 Å². The molecule has 1 saturated heterocycles. The zero-order valence-electron chi connectivity index (χ0n) is 53.8. The number of fused-ring (bicyclic) bond motifs is 7. The molecule has 0 radical (unpaired) electrons. The highest BCUT2D eigenvalue weighted by Crippen LogP contribution is 2.37. The molecule has 0 atom stereocenters. The topological polar surface area (TPSA) is 243 Å². The normalized spacial score (nSPS) is 12.6. The highest BCUT2D eigenvalue weighted by molar-refractivity contribution is 7.17. The van der Waals surface area contributed by atoms with E-state index in [9.17, 15) is 4.79 Å². The number of likely N-dealkylation sites (tertiary alicyclic amines) is 1. The second kappa shape index (κ2) is 28.4. The molecule has 11 aromatic heterocycles. The molecule has 1 amide bonds. The summed E-state index contributed by atoms with van der Waals surface area (Å²) in [4.78, 5) is 38.6. The Bertz CT molecular complexity index is 5440. The van der Waals surface area contributed by atoms with E-state index in [-0.39, 0.29) is 26.5 Å². The van der Waals surface area contributed by atoms with Gasteiger partial charge in [0.05, 0.1) is 76.6 Å². The van der Waals surface area contributed by atoms with Crippen molar-refractivity contribution in [3.63, 3.8) is 0 Å². The average molecular weight is 1360 g/mol. The minimum Gasteiger partial charge on any atom is -0.497 e. The summed E-state index contributed by atoms with van der Waals surface area (Å²) in [5.74, 6) is 6.61. The van der Waals surface area contributed by atoms with E-state index in [0.717, 1.165) is 154 Å². The fourth-order valence-corrected chi connectivity index (χ4v) is 13.3. The second-order valence-electron chi connectivity index (χ2n) is 22.9. The number of aromatic nitrogens is 14. The van der Waals surface area contributed by atoms with Gasteiger partial charge in [-0.15, -0.1) is 43.1 Å². The SMILES string of the molecule is C.COc1ccc2c(OCc3cnc4ccc(-c5ccc(C(=O)N6CCCC6)s5)nn34)ccnc2c1.COc1ccc2c(OCc3nnc4ccc(-c5ccc(C)s5)nn34)ccnc2c1.COc1ccc2c(OCc3nnc4ccc(-c5ccc6c(c5)OCCN6C)nn34)ccnc2c1. The summed E-state index contributed by atoms with van der Waals surface area (Å²) >= 11 is 3.18. The van der Waals surface area contributed by atoms with Crippen molar-refractivity contribution < 1.29 is 38.0 Å². The lowest BCUT2D eigenvalue weighted by atomic mass is 10.1. The van der Waals surface area contributed by atoms with Crippen LogP contribution in [0, 0.1) is 6.92 Å². The van der Waals surface area contributed by atoms with Crippen LogP contribution in [0.3, 0.4) is 0 Å². The summed E-state index contributed by atoms with van der Waals surface area (Å²) in [7, 11) is 6.97. The van der Waals surface area contributed by atoms with E-state index in [0.29, 0.717) is 41.9 Å². The van der Waals surface area contributed by atoms with E-state index in [1.807, 2.05) is 132 Å². The van der Waals surface area contributed by atoms with Crippen LogP contribution in [0.4, 0.5) is 5.69 Å². The largest absolute Gasteiger partial charge is 0.497 e. The van der Waals surface area contributed by atoms with E-state index in [4.69, 9.17) is 48.5 Å². The summed E-state index contributed by atoms with van der Waals surface area (Å²) in [6.45, 7) is 6.06. The van der Waals surface area contributed by atoms with Gasteiger partial charge >= 0.3 is 0 Å². The van der Waals surface area contributed by atoms with Crippen molar-refractivity contribution in [3.8, 4) is 72.6 Å². The minimum atomic E-state index is 0. The number of pyridine rings is 3. The standard InChI is InChI=1S/C26H23N5O3S.C25H22N6O3.C21H17N5O2S.CH4/c1-33-18-4-5-19-21(14-18)27-11-10-22(19)34-16-17-15-28-25-9-6-20(29-31(17)25)23-7-8-24(35-23)26(32)30-12-2-3-13-30;1-30-11-12-33-23-13-16(3-7-21(23)30)19-6-8-24-27-28-25(31(24)29-19)15-34-22-9-10-26-20-14-17(32-2)4-5-18(20)22;1-13-3-7-19(29-13)16-6-8-20-23-24-21(26(20)25-16)12-28-18-9-10-22-17-11-14(27-2)4-5-15(17)18;/h4-11,14-15H,2-3,12-13,16H2,1H3;3-10,13-14H,11-12,15H2,1-2H3;3-11H,12H2,1-2H3;1H4. The number of imidazole rings is 1. The maximum absolute atomic E-state index is 12.7. The Hall–Kier alpha value is -11.9. The third kappa shape index (κ3) is 13.5. The van der Waals surface area contributed by atoms with Gasteiger partial charge in [-0.3, -0.25) is 19.7 Å². The lowest BCUT2D eigenvalue weighted by Gasteiger charge is -2.27. The molecule has 13 heterocycles. The van der Waals surface area contributed by atoms with Gasteiger partial charge in [0, 0.05) is 83.5 Å². The molecule has 0 aliphatic carbocycles. The molecule has 0 bridgehead atoms. The van der Waals surface area contributed by atoms with E-state index in [1.165, 1.54) is 16.2 Å². The first-order valence-electron chi connectivity index (χ1n) is 31.5. The predicted molar refractivity (Wildman–Crippen MR) is 380 cm³/mol. The molecule has 0 unspecified atom stereocenters. The molecule has 4 aromatic carbocycles. The van der Waals surface area contributed by atoms with Gasteiger partial charge in [-0.05, 0) is 147 Å². The number of benzene rings is 4. The first kappa shape index (κ1) is 64.4.